The molecule has 1 aromatic carbocycles. The Morgan fingerprint density at radius 2 is 2.05 bits per heavy atom. The van der Waals surface area contributed by atoms with Crippen molar-refractivity contribution in [3.05, 3.63) is 35.4 Å². The lowest BCUT2D eigenvalue weighted by molar-refractivity contribution is -0.0575. The number of nitrogens with two attached hydrogens (primary N) is 1. The van der Waals surface area contributed by atoms with Gasteiger partial charge in [-0.2, -0.15) is 0 Å². The largest absolute Gasteiger partial charge is 0.376 e. The minimum atomic E-state index is 0.0833. The fourth-order valence-corrected chi connectivity index (χ4v) is 2.68. The quantitative estimate of drug-likeness (QED) is 0.906. The van der Waals surface area contributed by atoms with Crippen molar-refractivity contribution < 1.29 is 4.74 Å². The van der Waals surface area contributed by atoms with Gasteiger partial charge in [0.15, 0.2) is 0 Å². The zero-order chi connectivity index (χ0) is 13.8. The van der Waals surface area contributed by atoms with Crippen LogP contribution in [0, 0.1) is 6.92 Å². The highest BCUT2D eigenvalue weighted by molar-refractivity contribution is 5.24. The first-order valence-electron chi connectivity index (χ1n) is 7.28. The molecule has 3 atom stereocenters. The van der Waals surface area contributed by atoms with E-state index in [4.69, 9.17) is 10.5 Å². The number of morpholine rings is 1. The van der Waals surface area contributed by atoms with Crippen LogP contribution in [0.1, 0.15) is 37.4 Å². The zero-order valence-corrected chi connectivity index (χ0v) is 12.3. The maximum atomic E-state index is 6.36. The van der Waals surface area contributed by atoms with Gasteiger partial charge in [-0.25, -0.2) is 0 Å². The van der Waals surface area contributed by atoms with Crippen molar-refractivity contribution in [1.29, 1.82) is 0 Å². The smallest absolute Gasteiger partial charge is 0.0674 e. The number of hydrogen-bond donors (Lipinski definition) is 1. The molecule has 3 unspecified atom stereocenters. The van der Waals surface area contributed by atoms with Crippen molar-refractivity contribution in [2.24, 2.45) is 5.73 Å². The molecule has 1 aliphatic heterocycles. The summed E-state index contributed by atoms with van der Waals surface area (Å²) in [5, 5.41) is 0. The number of hydrogen-bond acceptors (Lipinski definition) is 3. The molecule has 0 amide bonds. The lowest BCUT2D eigenvalue weighted by Gasteiger charge is -2.39. The molecule has 0 aliphatic carbocycles. The SMILES string of the molecule is CCC1COC(C)CN1CC(N)c1ccc(C)cc1. The highest BCUT2D eigenvalue weighted by atomic mass is 16.5. The van der Waals surface area contributed by atoms with Crippen LogP contribution in [0.25, 0.3) is 0 Å². The standard InChI is InChI=1S/C16H26N2O/c1-4-15-11-19-13(3)9-18(15)10-16(17)14-7-5-12(2)6-8-14/h5-8,13,15-16H,4,9-11,17H2,1-3H3. The molecule has 1 heterocycles. The molecule has 0 aromatic heterocycles. The molecule has 0 radical (unpaired) electrons. The van der Waals surface area contributed by atoms with E-state index in [2.05, 4.69) is 49.9 Å². The van der Waals surface area contributed by atoms with Crippen LogP contribution in [0.5, 0.6) is 0 Å². The van der Waals surface area contributed by atoms with Crippen LogP contribution in [-0.4, -0.2) is 36.7 Å². The molecule has 2 rings (SSSR count). The molecule has 106 valence electrons. The van der Waals surface area contributed by atoms with Crippen molar-refractivity contribution in [3.63, 3.8) is 0 Å². The van der Waals surface area contributed by atoms with Crippen molar-refractivity contribution in [2.45, 2.75) is 45.4 Å². The predicted octanol–water partition coefficient (Wildman–Crippen LogP) is 2.49. The van der Waals surface area contributed by atoms with Gasteiger partial charge < -0.3 is 10.5 Å². The summed E-state index contributed by atoms with van der Waals surface area (Å²) in [6, 6.07) is 9.14. The first-order chi connectivity index (χ1) is 9.10. The van der Waals surface area contributed by atoms with E-state index in [1.807, 2.05) is 0 Å². The Morgan fingerprint density at radius 1 is 1.37 bits per heavy atom. The second kappa shape index (κ2) is 6.51. The topological polar surface area (TPSA) is 38.5 Å². The van der Waals surface area contributed by atoms with Gasteiger partial charge in [0, 0.05) is 25.2 Å². The Morgan fingerprint density at radius 3 is 2.68 bits per heavy atom. The second-order valence-corrected chi connectivity index (χ2v) is 5.68. The maximum absolute atomic E-state index is 6.36. The fourth-order valence-electron chi connectivity index (χ4n) is 2.68. The molecule has 0 spiro atoms. The van der Waals surface area contributed by atoms with E-state index >= 15 is 0 Å². The summed E-state index contributed by atoms with van der Waals surface area (Å²) in [4.78, 5) is 2.48. The van der Waals surface area contributed by atoms with Crippen LogP contribution in [-0.2, 0) is 4.74 Å². The van der Waals surface area contributed by atoms with Crippen LogP contribution in [0.15, 0.2) is 24.3 Å². The van der Waals surface area contributed by atoms with Gasteiger partial charge in [-0.05, 0) is 25.8 Å². The number of benzene rings is 1. The van der Waals surface area contributed by atoms with Gasteiger partial charge in [-0.15, -0.1) is 0 Å². The third-order valence-corrected chi connectivity index (χ3v) is 3.99. The lowest BCUT2D eigenvalue weighted by atomic mass is 10.0. The van der Waals surface area contributed by atoms with Gasteiger partial charge >= 0.3 is 0 Å². The van der Waals surface area contributed by atoms with E-state index in [9.17, 15) is 0 Å². The van der Waals surface area contributed by atoms with Crippen LogP contribution in [0.4, 0.5) is 0 Å². The van der Waals surface area contributed by atoms with E-state index in [-0.39, 0.29) is 6.04 Å². The third-order valence-electron chi connectivity index (χ3n) is 3.99. The van der Waals surface area contributed by atoms with Crippen LogP contribution < -0.4 is 5.73 Å². The van der Waals surface area contributed by atoms with Gasteiger partial charge in [0.1, 0.15) is 0 Å². The summed E-state index contributed by atoms with van der Waals surface area (Å²) in [5.74, 6) is 0. The van der Waals surface area contributed by atoms with Crippen molar-refractivity contribution in [3.8, 4) is 0 Å². The Labute approximate surface area is 116 Å². The summed E-state index contributed by atoms with van der Waals surface area (Å²) < 4.78 is 5.73. The van der Waals surface area contributed by atoms with Gasteiger partial charge in [0.05, 0.1) is 12.7 Å². The van der Waals surface area contributed by atoms with Gasteiger partial charge in [0.2, 0.25) is 0 Å². The molecule has 3 nitrogen and oxygen atoms in total. The monoisotopic (exact) mass is 262 g/mol. The van der Waals surface area contributed by atoms with Crippen molar-refractivity contribution in [2.75, 3.05) is 19.7 Å². The lowest BCUT2D eigenvalue weighted by Crippen LogP contribution is -2.50. The molecule has 0 bridgehead atoms. The van der Waals surface area contributed by atoms with Crippen molar-refractivity contribution in [1.82, 2.24) is 4.90 Å². The molecule has 19 heavy (non-hydrogen) atoms. The van der Waals surface area contributed by atoms with Crippen LogP contribution in [0.2, 0.25) is 0 Å². The molecule has 0 saturated carbocycles. The third kappa shape index (κ3) is 3.78. The average molecular weight is 262 g/mol. The van der Waals surface area contributed by atoms with E-state index in [1.54, 1.807) is 0 Å². The van der Waals surface area contributed by atoms with Gasteiger partial charge in [-0.3, -0.25) is 4.90 Å². The first-order valence-corrected chi connectivity index (χ1v) is 7.28. The van der Waals surface area contributed by atoms with Crippen LogP contribution >= 0.6 is 0 Å². The molecular formula is C16H26N2O. The molecule has 3 heteroatoms. The van der Waals surface area contributed by atoms with Gasteiger partial charge in [0.25, 0.3) is 0 Å². The number of nitrogens with zero attached hydrogens (tertiary/aromatic N) is 1. The first kappa shape index (κ1) is 14.5. The summed E-state index contributed by atoms with van der Waals surface area (Å²) in [6.45, 7) is 9.18. The molecular weight excluding hydrogens is 236 g/mol. The summed E-state index contributed by atoms with van der Waals surface area (Å²) in [7, 11) is 0. The fraction of sp³-hybridized carbons (Fsp3) is 0.625. The van der Waals surface area contributed by atoms with E-state index in [1.165, 1.54) is 11.1 Å². The summed E-state index contributed by atoms with van der Waals surface area (Å²) in [6.07, 6.45) is 1.43. The number of aryl methyl sites for hydroxylation is 1. The minimum absolute atomic E-state index is 0.0833. The van der Waals surface area contributed by atoms with Gasteiger partial charge in [-0.1, -0.05) is 36.8 Å². The minimum Gasteiger partial charge on any atom is -0.376 e. The number of ether oxygens (including phenoxy) is 1. The normalized spacial score (nSPS) is 26.3. The molecule has 1 saturated heterocycles. The Balaban J connectivity index is 1.99. The zero-order valence-electron chi connectivity index (χ0n) is 12.3. The predicted molar refractivity (Wildman–Crippen MR) is 79.2 cm³/mol. The number of rotatable bonds is 4. The highest BCUT2D eigenvalue weighted by Gasteiger charge is 2.26. The van der Waals surface area contributed by atoms with Crippen molar-refractivity contribution >= 4 is 0 Å². The average Bonchev–Trinajstić information content (AvgIpc) is 2.39. The van der Waals surface area contributed by atoms with E-state index in [0.717, 1.165) is 26.1 Å². The molecule has 1 aliphatic rings. The Kier molecular flexibility index (Phi) is 4.97. The Bertz CT molecular complexity index is 390. The van der Waals surface area contributed by atoms with E-state index < -0.39 is 0 Å². The van der Waals surface area contributed by atoms with Crippen LogP contribution in [0.3, 0.4) is 0 Å². The Hall–Kier alpha value is -0.900. The van der Waals surface area contributed by atoms with E-state index in [0.29, 0.717) is 12.1 Å². The molecule has 1 aromatic rings. The second-order valence-electron chi connectivity index (χ2n) is 5.68. The summed E-state index contributed by atoms with van der Waals surface area (Å²) in [5.41, 5.74) is 8.86. The molecule has 1 fully saturated rings. The summed E-state index contributed by atoms with van der Waals surface area (Å²) >= 11 is 0. The maximum Gasteiger partial charge on any atom is 0.0674 e. The highest BCUT2D eigenvalue weighted by Crippen LogP contribution is 2.19. The molecule has 2 N–H and O–H groups in total.